The molecule has 0 fully saturated rings. The summed E-state index contributed by atoms with van der Waals surface area (Å²) < 4.78 is 1.90. The third-order valence-corrected chi connectivity index (χ3v) is 7.77. The molecule has 0 saturated carbocycles. The Balaban J connectivity index is 1.67. The van der Waals surface area contributed by atoms with Gasteiger partial charge in [-0.15, -0.1) is 0 Å². The highest BCUT2D eigenvalue weighted by Gasteiger charge is 2.32. The SMILES string of the molecule is C=N/C=C(/C)C(=Nc1ccc(N(CCC)CCNCC)cc1O)c1cc2n(c1)CCN(C(CO)c1cccc(Cl)c1)C2=O. The van der Waals surface area contributed by atoms with Gasteiger partial charge in [0.05, 0.1) is 18.4 Å². The lowest BCUT2D eigenvalue weighted by Gasteiger charge is -2.34. The summed E-state index contributed by atoms with van der Waals surface area (Å²) in [5.74, 6) is -0.127. The van der Waals surface area contributed by atoms with E-state index < -0.39 is 6.04 Å². The Kier molecular flexibility index (Phi) is 11.2. The van der Waals surface area contributed by atoms with Gasteiger partial charge in [-0.05, 0) is 68.1 Å². The van der Waals surface area contributed by atoms with E-state index in [1.807, 2.05) is 42.0 Å². The predicted molar refractivity (Wildman–Crippen MR) is 175 cm³/mol. The molecule has 10 heteroatoms. The highest BCUT2D eigenvalue weighted by atomic mass is 35.5. The first-order chi connectivity index (χ1) is 20.8. The fourth-order valence-electron chi connectivity index (χ4n) is 5.40. The van der Waals surface area contributed by atoms with Gasteiger partial charge in [0.1, 0.15) is 17.1 Å². The number of aliphatic hydroxyl groups excluding tert-OH is 1. The average Bonchev–Trinajstić information content (AvgIpc) is 3.43. The number of benzene rings is 2. The van der Waals surface area contributed by atoms with Crippen molar-refractivity contribution in [3.63, 3.8) is 0 Å². The number of halogens is 1. The Morgan fingerprint density at radius 2 is 2.00 bits per heavy atom. The van der Waals surface area contributed by atoms with E-state index in [1.165, 1.54) is 0 Å². The van der Waals surface area contributed by atoms with Crippen molar-refractivity contribution < 1.29 is 15.0 Å². The number of phenolic OH excluding ortho intramolecular Hbond substituents is 1. The Morgan fingerprint density at radius 3 is 2.67 bits per heavy atom. The molecule has 2 heterocycles. The molecule has 0 saturated heterocycles. The minimum atomic E-state index is -0.515. The summed E-state index contributed by atoms with van der Waals surface area (Å²) >= 11 is 6.19. The molecule has 0 spiro atoms. The standard InChI is InChI=1S/C33H41ClN6O3/c1-5-13-38(14-12-36-6-2)27-10-11-28(31(42)19-27)37-32(23(3)20-35-4)25-18-29-33(43)40(16-15-39(29)21-25)30(22-41)24-8-7-9-26(34)17-24/h7-11,17-21,30,36,41-42H,4-6,12-16,22H2,1-3H3/b23-20-,37-32?. The molecule has 0 radical (unpaired) electrons. The molecule has 1 amide bonds. The number of amides is 1. The molecule has 4 rings (SSSR count). The number of likely N-dealkylation sites (N-methyl/N-ethyl adjacent to an activating group) is 1. The van der Waals surface area contributed by atoms with Gasteiger partial charge in [0.15, 0.2) is 0 Å². The zero-order valence-corrected chi connectivity index (χ0v) is 25.9. The predicted octanol–water partition coefficient (Wildman–Crippen LogP) is 5.59. The second-order valence-corrected chi connectivity index (χ2v) is 11.0. The lowest BCUT2D eigenvalue weighted by Crippen LogP contribution is -2.43. The number of nitrogens with one attached hydrogen (secondary N) is 1. The van der Waals surface area contributed by atoms with Crippen LogP contribution in [0, 0.1) is 0 Å². The molecule has 0 aliphatic carbocycles. The summed E-state index contributed by atoms with van der Waals surface area (Å²) in [5.41, 5.74) is 4.63. The maximum absolute atomic E-state index is 13.7. The van der Waals surface area contributed by atoms with Gasteiger partial charge in [0.2, 0.25) is 0 Å². The topological polar surface area (TPSA) is 106 Å². The number of nitrogens with zero attached hydrogens (tertiary/aromatic N) is 5. The van der Waals surface area contributed by atoms with Crippen molar-refractivity contribution in [2.45, 2.75) is 39.8 Å². The Bertz CT molecular complexity index is 1500. The van der Waals surface area contributed by atoms with E-state index in [0.717, 1.165) is 49.4 Å². The van der Waals surface area contributed by atoms with Crippen LogP contribution in [0.25, 0.3) is 0 Å². The largest absolute Gasteiger partial charge is 0.506 e. The minimum absolute atomic E-state index is 0.0671. The molecule has 43 heavy (non-hydrogen) atoms. The van der Waals surface area contributed by atoms with Crippen molar-refractivity contribution >= 4 is 41.3 Å². The first-order valence-corrected chi connectivity index (χ1v) is 15.1. The third-order valence-electron chi connectivity index (χ3n) is 7.53. The zero-order chi connectivity index (χ0) is 30.9. The van der Waals surface area contributed by atoms with Crippen molar-refractivity contribution in [1.29, 1.82) is 0 Å². The highest BCUT2D eigenvalue weighted by Crippen LogP contribution is 2.34. The maximum atomic E-state index is 13.7. The van der Waals surface area contributed by atoms with E-state index in [1.54, 1.807) is 35.4 Å². The van der Waals surface area contributed by atoms with E-state index in [2.05, 4.69) is 35.8 Å². The molecular weight excluding hydrogens is 564 g/mol. The van der Waals surface area contributed by atoms with Crippen molar-refractivity contribution in [3.05, 3.63) is 88.3 Å². The van der Waals surface area contributed by atoms with Crippen LogP contribution in [0.4, 0.5) is 11.4 Å². The monoisotopic (exact) mass is 604 g/mol. The lowest BCUT2D eigenvalue weighted by atomic mass is 10.0. The van der Waals surface area contributed by atoms with Crippen LogP contribution in [0.1, 0.15) is 54.8 Å². The summed E-state index contributed by atoms with van der Waals surface area (Å²) in [6.45, 7) is 13.9. The zero-order valence-electron chi connectivity index (χ0n) is 25.1. The number of anilines is 1. The number of rotatable bonds is 14. The van der Waals surface area contributed by atoms with Crippen LogP contribution in [0.3, 0.4) is 0 Å². The van der Waals surface area contributed by atoms with Crippen LogP contribution in [-0.4, -0.2) is 77.3 Å². The van der Waals surface area contributed by atoms with Gasteiger partial charge in [0, 0.05) is 67.5 Å². The number of hydrogen-bond acceptors (Lipinski definition) is 7. The molecule has 0 bridgehead atoms. The molecular formula is C33H41ClN6O3. The van der Waals surface area contributed by atoms with E-state index in [-0.39, 0.29) is 18.3 Å². The van der Waals surface area contributed by atoms with Gasteiger partial charge in [-0.3, -0.25) is 9.79 Å². The molecule has 3 N–H and O–H groups in total. The van der Waals surface area contributed by atoms with Gasteiger partial charge in [-0.1, -0.05) is 37.6 Å². The molecule has 2 aromatic carbocycles. The van der Waals surface area contributed by atoms with E-state index >= 15 is 0 Å². The van der Waals surface area contributed by atoms with Crippen LogP contribution >= 0.6 is 11.6 Å². The molecule has 1 aliphatic rings. The number of aromatic nitrogens is 1. The van der Waals surface area contributed by atoms with Crippen LogP contribution in [0.15, 0.2) is 76.5 Å². The fourth-order valence-corrected chi connectivity index (χ4v) is 5.59. The van der Waals surface area contributed by atoms with Crippen molar-refractivity contribution in [1.82, 2.24) is 14.8 Å². The molecule has 9 nitrogen and oxygen atoms in total. The first-order valence-electron chi connectivity index (χ1n) is 14.7. The Morgan fingerprint density at radius 1 is 1.19 bits per heavy atom. The Hall–Kier alpha value is -3.92. The van der Waals surface area contributed by atoms with Crippen molar-refractivity contribution in [3.8, 4) is 5.75 Å². The Labute approximate surface area is 258 Å². The summed E-state index contributed by atoms with van der Waals surface area (Å²) in [6.07, 6.45) is 4.50. The summed E-state index contributed by atoms with van der Waals surface area (Å²) in [6, 6.07) is 14.0. The fraction of sp³-hybridized carbons (Fsp3) is 0.364. The number of carbonyl (C=O) groups excluding carboxylic acids is 1. The van der Waals surface area contributed by atoms with Crippen LogP contribution in [-0.2, 0) is 6.54 Å². The van der Waals surface area contributed by atoms with Gasteiger partial charge in [-0.2, -0.15) is 0 Å². The summed E-state index contributed by atoms with van der Waals surface area (Å²) in [4.78, 5) is 26.4. The van der Waals surface area contributed by atoms with Gasteiger partial charge in [0.25, 0.3) is 5.91 Å². The smallest absolute Gasteiger partial charge is 0.271 e. The third kappa shape index (κ3) is 7.54. The average molecular weight is 605 g/mol. The molecule has 1 aliphatic heterocycles. The molecule has 1 atom stereocenters. The number of aliphatic hydroxyl groups is 1. The number of aliphatic imine (C=N–C) groups is 2. The second-order valence-electron chi connectivity index (χ2n) is 10.5. The minimum Gasteiger partial charge on any atom is -0.506 e. The quantitative estimate of drug-likeness (QED) is 0.164. The van der Waals surface area contributed by atoms with Gasteiger partial charge < -0.3 is 29.9 Å². The van der Waals surface area contributed by atoms with Crippen LogP contribution in [0.5, 0.6) is 5.75 Å². The van der Waals surface area contributed by atoms with Crippen LogP contribution in [0.2, 0.25) is 5.02 Å². The lowest BCUT2D eigenvalue weighted by molar-refractivity contribution is 0.0526. The number of allylic oxidation sites excluding steroid dienone is 1. The number of phenols is 1. The summed E-state index contributed by atoms with van der Waals surface area (Å²) in [5, 5.41) is 25.2. The molecule has 1 aromatic heterocycles. The van der Waals surface area contributed by atoms with E-state index in [4.69, 9.17) is 16.6 Å². The number of fused-ring (bicyclic) bond motifs is 1. The maximum Gasteiger partial charge on any atom is 0.271 e. The number of aromatic hydroxyl groups is 1. The molecule has 1 unspecified atom stereocenters. The van der Waals surface area contributed by atoms with Crippen LogP contribution < -0.4 is 10.2 Å². The van der Waals surface area contributed by atoms with Gasteiger partial charge in [-0.25, -0.2) is 4.99 Å². The normalized spacial score (nSPS) is 14.5. The second kappa shape index (κ2) is 15.0. The first kappa shape index (κ1) is 32.0. The summed E-state index contributed by atoms with van der Waals surface area (Å²) in [7, 11) is 0. The van der Waals surface area contributed by atoms with Crippen molar-refractivity contribution in [2.24, 2.45) is 9.98 Å². The van der Waals surface area contributed by atoms with Crippen molar-refractivity contribution in [2.75, 3.05) is 44.2 Å². The van der Waals surface area contributed by atoms with E-state index in [9.17, 15) is 15.0 Å². The number of hydrogen-bond donors (Lipinski definition) is 3. The molecule has 228 valence electrons. The van der Waals surface area contributed by atoms with E-state index in [0.29, 0.717) is 40.8 Å². The number of carbonyl (C=O) groups is 1. The highest BCUT2D eigenvalue weighted by molar-refractivity contribution is 6.30. The van der Waals surface area contributed by atoms with Gasteiger partial charge >= 0.3 is 0 Å². The molecule has 3 aromatic rings.